The van der Waals surface area contributed by atoms with Gasteiger partial charge in [-0.3, -0.25) is 11.3 Å². The molecule has 0 aromatic carbocycles. The number of nitrogens with two attached hydrogens (primary N) is 1. The Kier molecular flexibility index (Phi) is 3.90. The van der Waals surface area contributed by atoms with Gasteiger partial charge in [-0.15, -0.1) is 6.58 Å². The highest BCUT2D eigenvalue weighted by atomic mass is 16.5. The van der Waals surface area contributed by atoms with Crippen LogP contribution >= 0.6 is 0 Å². The minimum Gasteiger partial charge on any atom is -0.376 e. The van der Waals surface area contributed by atoms with Crippen LogP contribution in [0.25, 0.3) is 0 Å². The Morgan fingerprint density at radius 1 is 1.77 bits per heavy atom. The van der Waals surface area contributed by atoms with Crippen molar-refractivity contribution in [2.24, 2.45) is 11.8 Å². The lowest BCUT2D eigenvalue weighted by Crippen LogP contribution is -2.45. The van der Waals surface area contributed by atoms with Crippen LogP contribution in [0.5, 0.6) is 0 Å². The second-order valence-corrected chi connectivity index (χ2v) is 4.04. The Bertz CT molecular complexity index is 182. The van der Waals surface area contributed by atoms with Crippen molar-refractivity contribution in [3.63, 3.8) is 0 Å². The first-order valence-electron chi connectivity index (χ1n) is 4.87. The summed E-state index contributed by atoms with van der Waals surface area (Å²) in [7, 11) is 0. The average molecular weight is 184 g/mol. The zero-order chi connectivity index (χ0) is 9.84. The van der Waals surface area contributed by atoms with Crippen LogP contribution < -0.4 is 11.3 Å². The van der Waals surface area contributed by atoms with Crippen molar-refractivity contribution in [3.8, 4) is 0 Å². The second kappa shape index (κ2) is 4.74. The minimum atomic E-state index is 0.218. The molecule has 1 fully saturated rings. The van der Waals surface area contributed by atoms with Crippen molar-refractivity contribution in [2.75, 3.05) is 6.61 Å². The second-order valence-electron chi connectivity index (χ2n) is 4.04. The van der Waals surface area contributed by atoms with Crippen molar-refractivity contribution in [1.82, 2.24) is 5.43 Å². The summed E-state index contributed by atoms with van der Waals surface area (Å²) in [6, 6.07) is 0.218. The van der Waals surface area contributed by atoms with Crippen LogP contribution in [0, 0.1) is 5.92 Å². The summed E-state index contributed by atoms with van der Waals surface area (Å²) in [6.45, 7) is 8.98. The van der Waals surface area contributed by atoms with Crippen LogP contribution in [-0.4, -0.2) is 18.8 Å². The predicted octanol–water partition coefficient (Wildman–Crippen LogP) is 1.21. The van der Waals surface area contributed by atoms with E-state index in [2.05, 4.69) is 18.9 Å². The summed E-state index contributed by atoms with van der Waals surface area (Å²) in [5.74, 6) is 6.09. The molecule has 1 heterocycles. The van der Waals surface area contributed by atoms with E-state index in [0.29, 0.717) is 5.92 Å². The Hall–Kier alpha value is -0.380. The van der Waals surface area contributed by atoms with Gasteiger partial charge in [-0.05, 0) is 25.7 Å². The van der Waals surface area contributed by atoms with Crippen LogP contribution in [0.4, 0.5) is 0 Å². The maximum Gasteiger partial charge on any atom is 0.0770 e. The summed E-state index contributed by atoms with van der Waals surface area (Å²) in [5.41, 5.74) is 3.96. The highest BCUT2D eigenvalue weighted by Gasteiger charge is 2.31. The standard InChI is InChI=1S/C10H20N2O/c1-7(2)6-9(12-11)10-8(3)4-5-13-10/h8-10,12H,1,4-6,11H2,2-3H3. The summed E-state index contributed by atoms with van der Waals surface area (Å²) in [6.07, 6.45) is 2.28. The van der Waals surface area contributed by atoms with E-state index < -0.39 is 0 Å². The van der Waals surface area contributed by atoms with Crippen molar-refractivity contribution in [3.05, 3.63) is 12.2 Å². The van der Waals surface area contributed by atoms with E-state index in [0.717, 1.165) is 25.0 Å². The Morgan fingerprint density at radius 2 is 2.46 bits per heavy atom. The van der Waals surface area contributed by atoms with Crippen LogP contribution in [0.2, 0.25) is 0 Å². The van der Waals surface area contributed by atoms with Crippen molar-refractivity contribution < 1.29 is 4.74 Å². The molecule has 3 heteroatoms. The van der Waals surface area contributed by atoms with Gasteiger partial charge >= 0.3 is 0 Å². The Labute approximate surface area is 80.3 Å². The fraction of sp³-hybridized carbons (Fsp3) is 0.800. The molecule has 0 aromatic rings. The van der Waals surface area contributed by atoms with Gasteiger partial charge in [0.05, 0.1) is 12.1 Å². The first-order chi connectivity index (χ1) is 6.15. The van der Waals surface area contributed by atoms with E-state index in [4.69, 9.17) is 10.6 Å². The third-order valence-corrected chi connectivity index (χ3v) is 2.62. The summed E-state index contributed by atoms with van der Waals surface area (Å²) < 4.78 is 5.64. The molecule has 1 saturated heterocycles. The average Bonchev–Trinajstić information content (AvgIpc) is 2.47. The third kappa shape index (κ3) is 2.79. The molecule has 13 heavy (non-hydrogen) atoms. The van der Waals surface area contributed by atoms with E-state index in [-0.39, 0.29) is 12.1 Å². The molecular weight excluding hydrogens is 164 g/mol. The smallest absolute Gasteiger partial charge is 0.0770 e. The molecule has 0 spiro atoms. The Morgan fingerprint density at radius 3 is 2.85 bits per heavy atom. The number of nitrogens with one attached hydrogen (secondary N) is 1. The molecule has 0 amide bonds. The molecule has 1 aliphatic rings. The van der Waals surface area contributed by atoms with E-state index in [9.17, 15) is 0 Å². The van der Waals surface area contributed by atoms with E-state index in [1.807, 2.05) is 6.92 Å². The maximum absolute atomic E-state index is 5.64. The molecule has 0 bridgehead atoms. The maximum atomic E-state index is 5.64. The molecule has 1 aliphatic heterocycles. The molecule has 3 nitrogen and oxygen atoms in total. The number of hydrogen-bond acceptors (Lipinski definition) is 3. The van der Waals surface area contributed by atoms with Crippen molar-refractivity contribution >= 4 is 0 Å². The molecule has 3 atom stereocenters. The topological polar surface area (TPSA) is 47.3 Å². The van der Waals surface area contributed by atoms with Gasteiger partial charge in [0.25, 0.3) is 0 Å². The van der Waals surface area contributed by atoms with Gasteiger partial charge in [0.2, 0.25) is 0 Å². The first kappa shape index (κ1) is 10.7. The minimum absolute atomic E-state index is 0.218. The zero-order valence-electron chi connectivity index (χ0n) is 8.55. The van der Waals surface area contributed by atoms with Gasteiger partial charge in [-0.1, -0.05) is 12.5 Å². The quantitative estimate of drug-likeness (QED) is 0.392. The molecule has 1 rings (SSSR count). The summed E-state index contributed by atoms with van der Waals surface area (Å²) in [4.78, 5) is 0. The van der Waals surface area contributed by atoms with Crippen molar-refractivity contribution in [2.45, 2.75) is 38.8 Å². The van der Waals surface area contributed by atoms with E-state index in [1.165, 1.54) is 0 Å². The molecule has 0 aromatic heterocycles. The monoisotopic (exact) mass is 184 g/mol. The molecule has 0 radical (unpaired) electrons. The molecule has 0 saturated carbocycles. The van der Waals surface area contributed by atoms with Gasteiger partial charge in [0.15, 0.2) is 0 Å². The number of hydrogen-bond donors (Lipinski definition) is 2. The van der Waals surface area contributed by atoms with Gasteiger partial charge in [-0.25, -0.2) is 0 Å². The zero-order valence-corrected chi connectivity index (χ0v) is 8.55. The van der Waals surface area contributed by atoms with Crippen LogP contribution in [0.3, 0.4) is 0 Å². The number of rotatable bonds is 4. The predicted molar refractivity (Wildman–Crippen MR) is 54.1 cm³/mol. The molecule has 3 N–H and O–H groups in total. The van der Waals surface area contributed by atoms with Crippen LogP contribution in [-0.2, 0) is 4.74 Å². The molecule has 3 unspecified atom stereocenters. The van der Waals surface area contributed by atoms with Gasteiger partial charge in [0, 0.05) is 6.61 Å². The fourth-order valence-corrected chi connectivity index (χ4v) is 1.88. The largest absolute Gasteiger partial charge is 0.376 e. The fourth-order valence-electron chi connectivity index (χ4n) is 1.88. The lowest BCUT2D eigenvalue weighted by atomic mass is 9.94. The lowest BCUT2D eigenvalue weighted by Gasteiger charge is -2.25. The lowest BCUT2D eigenvalue weighted by molar-refractivity contribution is 0.0611. The first-order valence-corrected chi connectivity index (χ1v) is 4.87. The molecule has 76 valence electrons. The Balaban J connectivity index is 2.49. The number of ether oxygens (including phenoxy) is 1. The number of hydrazine groups is 1. The van der Waals surface area contributed by atoms with Crippen LogP contribution in [0.1, 0.15) is 26.7 Å². The summed E-state index contributed by atoms with van der Waals surface area (Å²) in [5, 5.41) is 0. The van der Waals surface area contributed by atoms with Crippen LogP contribution in [0.15, 0.2) is 12.2 Å². The third-order valence-electron chi connectivity index (χ3n) is 2.62. The van der Waals surface area contributed by atoms with E-state index >= 15 is 0 Å². The highest BCUT2D eigenvalue weighted by Crippen LogP contribution is 2.25. The van der Waals surface area contributed by atoms with Gasteiger partial charge in [0.1, 0.15) is 0 Å². The normalized spacial score (nSPS) is 30.4. The SMILES string of the molecule is C=C(C)CC(NN)C1OCCC1C. The molecule has 0 aliphatic carbocycles. The molecular formula is C10H20N2O. The summed E-state index contributed by atoms with van der Waals surface area (Å²) >= 11 is 0. The van der Waals surface area contributed by atoms with Gasteiger partial charge < -0.3 is 4.74 Å². The van der Waals surface area contributed by atoms with Gasteiger partial charge in [-0.2, -0.15) is 0 Å². The van der Waals surface area contributed by atoms with Crippen molar-refractivity contribution in [1.29, 1.82) is 0 Å². The van der Waals surface area contributed by atoms with E-state index in [1.54, 1.807) is 0 Å². The highest BCUT2D eigenvalue weighted by molar-refractivity contribution is 4.96.